The predicted molar refractivity (Wildman–Crippen MR) is 55.2 cm³/mol. The fraction of sp³-hybridized carbons (Fsp3) is 0.900. The van der Waals surface area contributed by atoms with E-state index in [1.165, 1.54) is 0 Å². The number of hydrogen-bond acceptors (Lipinski definition) is 4. The third-order valence-electron chi connectivity index (χ3n) is 2.71. The van der Waals surface area contributed by atoms with E-state index in [1.54, 1.807) is 0 Å². The summed E-state index contributed by atoms with van der Waals surface area (Å²) in [6.07, 6.45) is 0. The maximum absolute atomic E-state index is 11.4. The van der Waals surface area contributed by atoms with Gasteiger partial charge in [-0.3, -0.25) is 9.69 Å². The Bertz CT molecular complexity index is 189. The summed E-state index contributed by atoms with van der Waals surface area (Å²) in [4.78, 5) is 15.9. The van der Waals surface area contributed by atoms with E-state index in [4.69, 9.17) is 4.74 Å². The van der Waals surface area contributed by atoms with Gasteiger partial charge in [-0.25, -0.2) is 0 Å². The Balaban J connectivity index is 2.37. The number of carbonyl (C=O) groups is 1. The van der Waals surface area contributed by atoms with Crippen molar-refractivity contribution in [1.82, 2.24) is 9.80 Å². The number of hydrogen-bond donors (Lipinski definition) is 0. The van der Waals surface area contributed by atoms with Crippen LogP contribution >= 0.6 is 0 Å². The highest BCUT2D eigenvalue weighted by atomic mass is 16.5. The quantitative estimate of drug-likeness (QED) is 0.609. The number of ether oxygens (including phenoxy) is 1. The topological polar surface area (TPSA) is 32.8 Å². The van der Waals surface area contributed by atoms with Gasteiger partial charge in [-0.05, 0) is 20.9 Å². The highest BCUT2D eigenvalue weighted by molar-refractivity contribution is 5.75. The van der Waals surface area contributed by atoms with Crippen molar-refractivity contribution in [2.24, 2.45) is 0 Å². The van der Waals surface area contributed by atoms with Crippen molar-refractivity contribution >= 4 is 5.97 Å². The summed E-state index contributed by atoms with van der Waals surface area (Å²) in [5, 5.41) is 0. The van der Waals surface area contributed by atoms with Crippen LogP contribution < -0.4 is 0 Å². The van der Waals surface area contributed by atoms with E-state index < -0.39 is 0 Å². The van der Waals surface area contributed by atoms with Crippen LogP contribution in [0.5, 0.6) is 0 Å². The molecule has 0 bridgehead atoms. The van der Waals surface area contributed by atoms with Gasteiger partial charge in [-0.1, -0.05) is 0 Å². The molecule has 1 rings (SSSR count). The van der Waals surface area contributed by atoms with Crippen molar-refractivity contribution in [3.8, 4) is 0 Å². The Labute approximate surface area is 85.8 Å². The maximum atomic E-state index is 11.4. The molecule has 0 amide bonds. The van der Waals surface area contributed by atoms with Crippen LogP contribution in [0.25, 0.3) is 0 Å². The van der Waals surface area contributed by atoms with Gasteiger partial charge in [0.15, 0.2) is 0 Å². The van der Waals surface area contributed by atoms with Gasteiger partial charge in [0.05, 0.1) is 6.61 Å². The second-order valence-corrected chi connectivity index (χ2v) is 3.77. The van der Waals surface area contributed by atoms with Crippen LogP contribution in [0.3, 0.4) is 0 Å². The van der Waals surface area contributed by atoms with Crippen molar-refractivity contribution in [3.63, 3.8) is 0 Å². The summed E-state index contributed by atoms with van der Waals surface area (Å²) < 4.78 is 4.99. The van der Waals surface area contributed by atoms with Crippen LogP contribution in [-0.2, 0) is 9.53 Å². The number of carbonyl (C=O) groups excluding carboxylic acids is 1. The molecule has 14 heavy (non-hydrogen) atoms. The molecule has 0 radical (unpaired) electrons. The lowest BCUT2D eigenvalue weighted by Crippen LogP contribution is -2.50. The Morgan fingerprint density at radius 3 is 2.43 bits per heavy atom. The van der Waals surface area contributed by atoms with Gasteiger partial charge in [0.1, 0.15) is 6.04 Å². The molecule has 0 unspecified atom stereocenters. The van der Waals surface area contributed by atoms with Crippen LogP contribution in [0.2, 0.25) is 0 Å². The summed E-state index contributed by atoms with van der Waals surface area (Å²) in [5.74, 6) is -0.1000. The second kappa shape index (κ2) is 5.32. The third-order valence-corrected chi connectivity index (χ3v) is 2.71. The molecule has 1 fully saturated rings. The molecule has 0 spiro atoms. The first-order chi connectivity index (χ1) is 6.65. The molecule has 0 aromatic rings. The molecule has 0 saturated carbocycles. The van der Waals surface area contributed by atoms with Crippen LogP contribution in [0.1, 0.15) is 13.8 Å². The predicted octanol–water partition coefficient (Wildman–Crippen LogP) is 0.185. The number of rotatable bonds is 3. The molecule has 1 aliphatic rings. The van der Waals surface area contributed by atoms with E-state index in [2.05, 4.69) is 16.8 Å². The van der Waals surface area contributed by atoms with E-state index in [9.17, 15) is 4.79 Å². The molecule has 1 heterocycles. The van der Waals surface area contributed by atoms with Crippen LogP contribution in [0, 0.1) is 0 Å². The summed E-state index contributed by atoms with van der Waals surface area (Å²) >= 11 is 0. The number of nitrogens with zero attached hydrogens (tertiary/aromatic N) is 2. The minimum absolute atomic E-state index is 0.0938. The van der Waals surface area contributed by atoms with E-state index in [0.717, 1.165) is 26.2 Å². The van der Waals surface area contributed by atoms with Gasteiger partial charge in [0.25, 0.3) is 0 Å². The summed E-state index contributed by atoms with van der Waals surface area (Å²) in [6, 6.07) is -0.0938. The molecule has 4 heteroatoms. The molecule has 1 saturated heterocycles. The normalized spacial score (nSPS) is 21.9. The summed E-state index contributed by atoms with van der Waals surface area (Å²) in [7, 11) is 2.10. The lowest BCUT2D eigenvalue weighted by molar-refractivity contribution is -0.149. The highest BCUT2D eigenvalue weighted by Crippen LogP contribution is 2.06. The van der Waals surface area contributed by atoms with Gasteiger partial charge >= 0.3 is 5.97 Å². The molecule has 1 aliphatic heterocycles. The molecule has 0 aromatic carbocycles. The van der Waals surface area contributed by atoms with Gasteiger partial charge in [0.2, 0.25) is 0 Å². The molecule has 0 aromatic heterocycles. The zero-order valence-corrected chi connectivity index (χ0v) is 9.32. The largest absolute Gasteiger partial charge is 0.465 e. The molecular weight excluding hydrogens is 180 g/mol. The van der Waals surface area contributed by atoms with E-state index in [-0.39, 0.29) is 12.0 Å². The highest BCUT2D eigenvalue weighted by Gasteiger charge is 2.24. The number of esters is 1. The average molecular weight is 200 g/mol. The van der Waals surface area contributed by atoms with Crippen LogP contribution in [0.4, 0.5) is 0 Å². The van der Waals surface area contributed by atoms with E-state index >= 15 is 0 Å². The Kier molecular flexibility index (Phi) is 4.35. The average Bonchev–Trinajstić information content (AvgIpc) is 2.18. The van der Waals surface area contributed by atoms with Crippen molar-refractivity contribution < 1.29 is 9.53 Å². The summed E-state index contributed by atoms with van der Waals surface area (Å²) in [6.45, 7) is 8.20. The second-order valence-electron chi connectivity index (χ2n) is 3.77. The fourth-order valence-electron chi connectivity index (χ4n) is 1.62. The summed E-state index contributed by atoms with van der Waals surface area (Å²) in [5.41, 5.74) is 0. The molecule has 0 aliphatic carbocycles. The smallest absolute Gasteiger partial charge is 0.323 e. The lowest BCUT2D eigenvalue weighted by atomic mass is 10.2. The molecule has 82 valence electrons. The van der Waals surface area contributed by atoms with Crippen LogP contribution in [0.15, 0.2) is 0 Å². The van der Waals surface area contributed by atoms with Crippen molar-refractivity contribution in [2.45, 2.75) is 19.9 Å². The first-order valence-electron chi connectivity index (χ1n) is 5.24. The van der Waals surface area contributed by atoms with Crippen molar-refractivity contribution in [3.05, 3.63) is 0 Å². The lowest BCUT2D eigenvalue weighted by Gasteiger charge is -2.35. The number of piperazine rings is 1. The fourth-order valence-corrected chi connectivity index (χ4v) is 1.62. The zero-order chi connectivity index (χ0) is 10.6. The van der Waals surface area contributed by atoms with Gasteiger partial charge in [-0.2, -0.15) is 0 Å². The Morgan fingerprint density at radius 1 is 1.36 bits per heavy atom. The van der Waals surface area contributed by atoms with Gasteiger partial charge in [0, 0.05) is 26.2 Å². The maximum Gasteiger partial charge on any atom is 0.323 e. The first kappa shape index (κ1) is 11.5. The molecule has 0 N–H and O–H groups in total. The third kappa shape index (κ3) is 2.96. The van der Waals surface area contributed by atoms with E-state index in [0.29, 0.717) is 6.61 Å². The van der Waals surface area contributed by atoms with Crippen molar-refractivity contribution in [2.75, 3.05) is 39.8 Å². The number of likely N-dealkylation sites (N-methyl/N-ethyl adjacent to an activating group) is 1. The molecule has 4 nitrogen and oxygen atoms in total. The first-order valence-corrected chi connectivity index (χ1v) is 5.24. The van der Waals surface area contributed by atoms with Crippen molar-refractivity contribution in [1.29, 1.82) is 0 Å². The van der Waals surface area contributed by atoms with E-state index in [1.807, 2.05) is 13.8 Å². The SMILES string of the molecule is CCOC(=O)[C@@H](C)N1CCN(C)CC1. The monoisotopic (exact) mass is 200 g/mol. The zero-order valence-electron chi connectivity index (χ0n) is 9.32. The molecular formula is C10H20N2O2. The Hall–Kier alpha value is -0.610. The standard InChI is InChI=1S/C10H20N2O2/c1-4-14-10(13)9(2)12-7-5-11(3)6-8-12/h9H,4-8H2,1-3H3/t9-/m1/s1. The van der Waals surface area contributed by atoms with Gasteiger partial charge in [-0.15, -0.1) is 0 Å². The molecule has 1 atom stereocenters. The minimum Gasteiger partial charge on any atom is -0.465 e. The minimum atomic E-state index is -0.1000. The van der Waals surface area contributed by atoms with Crippen LogP contribution in [-0.4, -0.2) is 61.6 Å². The van der Waals surface area contributed by atoms with Gasteiger partial charge < -0.3 is 9.64 Å². The Morgan fingerprint density at radius 2 is 1.93 bits per heavy atom.